The van der Waals surface area contributed by atoms with Gasteiger partial charge in [0.2, 0.25) is 0 Å². The van der Waals surface area contributed by atoms with Crippen molar-refractivity contribution in [1.29, 1.82) is 0 Å². The van der Waals surface area contributed by atoms with E-state index in [4.69, 9.17) is 9.47 Å². The molecule has 7 heteroatoms. The summed E-state index contributed by atoms with van der Waals surface area (Å²) in [7, 11) is 3.41. The Kier molecular flexibility index (Phi) is 7.10. The number of carbonyl (C=O) groups excluding carboxylic acids is 1. The highest BCUT2D eigenvalue weighted by Crippen LogP contribution is 2.17. The van der Waals surface area contributed by atoms with E-state index in [2.05, 4.69) is 10.4 Å². The monoisotopic (exact) mass is 332 g/mol. The Morgan fingerprint density at radius 2 is 2.21 bits per heavy atom. The number of rotatable bonds is 9. The van der Waals surface area contributed by atoms with Gasteiger partial charge in [-0.15, -0.1) is 0 Å². The van der Waals surface area contributed by atoms with Crippen LogP contribution in [0.2, 0.25) is 0 Å². The zero-order chi connectivity index (χ0) is 17.2. The molecule has 0 fully saturated rings. The average molecular weight is 332 g/mol. The number of urea groups is 1. The lowest BCUT2D eigenvalue weighted by atomic mass is 10.3. The van der Waals surface area contributed by atoms with Gasteiger partial charge in [-0.1, -0.05) is 6.07 Å². The number of methoxy groups -OCH3 is 1. The number of amides is 2. The van der Waals surface area contributed by atoms with E-state index in [9.17, 15) is 4.79 Å². The smallest absolute Gasteiger partial charge is 0.321 e. The Bertz CT molecular complexity index is 616. The van der Waals surface area contributed by atoms with Crippen LogP contribution in [-0.4, -0.2) is 54.6 Å². The van der Waals surface area contributed by atoms with E-state index in [-0.39, 0.29) is 6.03 Å². The van der Waals surface area contributed by atoms with Gasteiger partial charge >= 0.3 is 6.03 Å². The number of hydrogen-bond donors (Lipinski definition) is 1. The van der Waals surface area contributed by atoms with E-state index in [1.807, 2.05) is 36.5 Å². The molecule has 130 valence electrons. The molecule has 0 radical (unpaired) electrons. The Balaban J connectivity index is 1.79. The second kappa shape index (κ2) is 9.57. The van der Waals surface area contributed by atoms with Crippen molar-refractivity contribution in [3.8, 4) is 5.75 Å². The number of benzene rings is 1. The number of ether oxygens (including phenoxy) is 2. The molecule has 0 saturated carbocycles. The lowest BCUT2D eigenvalue weighted by molar-refractivity contribution is 0.179. The third-order valence-electron chi connectivity index (χ3n) is 3.42. The highest BCUT2D eigenvalue weighted by molar-refractivity contribution is 5.89. The summed E-state index contributed by atoms with van der Waals surface area (Å²) in [5, 5.41) is 6.98. The first-order valence-electron chi connectivity index (χ1n) is 7.90. The fraction of sp³-hybridized carbons (Fsp3) is 0.412. The molecule has 1 N–H and O–H groups in total. The van der Waals surface area contributed by atoms with Gasteiger partial charge in [0.05, 0.1) is 6.54 Å². The lowest BCUT2D eigenvalue weighted by Crippen LogP contribution is -2.32. The molecule has 2 aromatic rings. The Labute approximate surface area is 142 Å². The molecule has 0 spiro atoms. The summed E-state index contributed by atoms with van der Waals surface area (Å²) in [6.07, 6.45) is 4.43. The van der Waals surface area contributed by atoms with Crippen molar-refractivity contribution in [2.75, 3.05) is 39.2 Å². The van der Waals surface area contributed by atoms with Crippen molar-refractivity contribution in [1.82, 2.24) is 14.7 Å². The van der Waals surface area contributed by atoms with Crippen LogP contribution in [0.5, 0.6) is 5.75 Å². The zero-order valence-corrected chi connectivity index (χ0v) is 14.1. The SMILES string of the molecule is COCCCN(C)C(=O)Nc1cccc(OCCn2cccn2)c1. The number of aromatic nitrogens is 2. The second-order valence-electron chi connectivity index (χ2n) is 5.34. The predicted molar refractivity (Wildman–Crippen MR) is 92.3 cm³/mol. The summed E-state index contributed by atoms with van der Waals surface area (Å²) in [5.41, 5.74) is 0.704. The first-order valence-corrected chi connectivity index (χ1v) is 7.90. The quantitative estimate of drug-likeness (QED) is 0.716. The molecule has 7 nitrogen and oxygen atoms in total. The van der Waals surface area contributed by atoms with E-state index in [0.29, 0.717) is 37.7 Å². The van der Waals surface area contributed by atoms with Gasteiger partial charge in [-0.2, -0.15) is 5.10 Å². The van der Waals surface area contributed by atoms with Crippen LogP contribution in [0.4, 0.5) is 10.5 Å². The Morgan fingerprint density at radius 1 is 1.33 bits per heavy atom. The third-order valence-corrected chi connectivity index (χ3v) is 3.42. The molecule has 1 aromatic heterocycles. The Morgan fingerprint density at radius 3 is 2.96 bits per heavy atom. The maximum Gasteiger partial charge on any atom is 0.321 e. The number of anilines is 1. The van der Waals surface area contributed by atoms with Crippen molar-refractivity contribution in [3.63, 3.8) is 0 Å². The molecule has 0 unspecified atom stereocenters. The maximum absolute atomic E-state index is 12.1. The largest absolute Gasteiger partial charge is 0.492 e. The first-order chi connectivity index (χ1) is 11.7. The highest BCUT2D eigenvalue weighted by atomic mass is 16.5. The van der Waals surface area contributed by atoms with Crippen LogP contribution in [0.15, 0.2) is 42.7 Å². The zero-order valence-electron chi connectivity index (χ0n) is 14.1. The van der Waals surface area contributed by atoms with Crippen molar-refractivity contribution in [2.24, 2.45) is 0 Å². The van der Waals surface area contributed by atoms with Crippen molar-refractivity contribution in [3.05, 3.63) is 42.7 Å². The minimum Gasteiger partial charge on any atom is -0.492 e. The summed E-state index contributed by atoms with van der Waals surface area (Å²) >= 11 is 0. The summed E-state index contributed by atoms with van der Waals surface area (Å²) in [6, 6.07) is 9.08. The van der Waals surface area contributed by atoms with E-state index >= 15 is 0 Å². The predicted octanol–water partition coefficient (Wildman–Crippen LogP) is 2.46. The minimum absolute atomic E-state index is 0.153. The molecule has 0 atom stereocenters. The van der Waals surface area contributed by atoms with Crippen LogP contribution in [0.25, 0.3) is 0 Å². The van der Waals surface area contributed by atoms with Gasteiger partial charge in [0.1, 0.15) is 12.4 Å². The fourth-order valence-corrected chi connectivity index (χ4v) is 2.12. The van der Waals surface area contributed by atoms with E-state index in [0.717, 1.165) is 6.42 Å². The number of nitrogens with one attached hydrogen (secondary N) is 1. The third kappa shape index (κ3) is 5.92. The van der Waals surface area contributed by atoms with Crippen LogP contribution >= 0.6 is 0 Å². The van der Waals surface area contributed by atoms with Crippen LogP contribution in [0.3, 0.4) is 0 Å². The van der Waals surface area contributed by atoms with Crippen molar-refractivity contribution < 1.29 is 14.3 Å². The summed E-state index contributed by atoms with van der Waals surface area (Å²) in [4.78, 5) is 13.7. The summed E-state index contributed by atoms with van der Waals surface area (Å²) < 4.78 is 12.5. The van der Waals surface area contributed by atoms with Gasteiger partial charge in [-0.25, -0.2) is 4.79 Å². The van der Waals surface area contributed by atoms with Gasteiger partial charge in [0.15, 0.2) is 0 Å². The molecule has 0 aliphatic rings. The van der Waals surface area contributed by atoms with Crippen molar-refractivity contribution >= 4 is 11.7 Å². The standard InChI is InChI=1S/C17H24N4O3/c1-20(9-5-12-23-2)17(22)19-15-6-3-7-16(14-15)24-13-11-21-10-4-8-18-21/h3-4,6-8,10,14H,5,9,11-13H2,1-2H3,(H,19,22). The fourth-order valence-electron chi connectivity index (χ4n) is 2.12. The summed E-state index contributed by atoms with van der Waals surface area (Å²) in [6.45, 7) is 2.46. The van der Waals surface area contributed by atoms with Crippen LogP contribution in [-0.2, 0) is 11.3 Å². The van der Waals surface area contributed by atoms with Gasteiger partial charge in [-0.05, 0) is 24.6 Å². The van der Waals surface area contributed by atoms with Crippen molar-refractivity contribution in [2.45, 2.75) is 13.0 Å². The van der Waals surface area contributed by atoms with Gasteiger partial charge in [0, 0.05) is 51.5 Å². The number of hydrogen-bond acceptors (Lipinski definition) is 4. The molecular formula is C17H24N4O3. The molecule has 2 rings (SSSR count). The van der Waals surface area contributed by atoms with Gasteiger partial charge in [-0.3, -0.25) is 4.68 Å². The summed E-state index contributed by atoms with van der Waals surface area (Å²) in [5.74, 6) is 0.710. The molecular weight excluding hydrogens is 308 g/mol. The van der Waals surface area contributed by atoms with Gasteiger partial charge < -0.3 is 19.7 Å². The Hall–Kier alpha value is -2.54. The molecule has 1 aromatic carbocycles. The van der Waals surface area contributed by atoms with Crippen LogP contribution in [0, 0.1) is 0 Å². The van der Waals surface area contributed by atoms with Crippen LogP contribution < -0.4 is 10.1 Å². The molecule has 1 heterocycles. The lowest BCUT2D eigenvalue weighted by Gasteiger charge is -2.18. The highest BCUT2D eigenvalue weighted by Gasteiger charge is 2.08. The molecule has 0 bridgehead atoms. The van der Waals surface area contributed by atoms with Crippen LogP contribution in [0.1, 0.15) is 6.42 Å². The second-order valence-corrected chi connectivity index (χ2v) is 5.34. The molecule has 24 heavy (non-hydrogen) atoms. The maximum atomic E-state index is 12.1. The van der Waals surface area contributed by atoms with E-state index in [1.165, 1.54) is 0 Å². The molecule has 0 aliphatic carbocycles. The van der Waals surface area contributed by atoms with E-state index in [1.54, 1.807) is 29.9 Å². The number of carbonyl (C=O) groups is 1. The number of nitrogens with zero attached hydrogens (tertiary/aromatic N) is 3. The minimum atomic E-state index is -0.153. The van der Waals surface area contributed by atoms with Gasteiger partial charge in [0.25, 0.3) is 0 Å². The topological polar surface area (TPSA) is 68.6 Å². The first kappa shape index (κ1) is 17.8. The normalized spacial score (nSPS) is 10.4. The molecule has 0 saturated heterocycles. The van der Waals surface area contributed by atoms with E-state index < -0.39 is 0 Å². The molecule has 0 aliphatic heterocycles. The average Bonchev–Trinajstić information content (AvgIpc) is 3.09. The molecule has 2 amide bonds.